The highest BCUT2D eigenvalue weighted by Gasteiger charge is 2.36. The van der Waals surface area contributed by atoms with Crippen LogP contribution in [0, 0.1) is 5.92 Å². The van der Waals surface area contributed by atoms with Crippen molar-refractivity contribution in [3.8, 4) is 0 Å². The first-order chi connectivity index (χ1) is 9.24. The molecule has 0 radical (unpaired) electrons. The molecule has 2 atom stereocenters. The molecule has 0 heterocycles. The summed E-state index contributed by atoms with van der Waals surface area (Å²) in [5, 5.41) is 7.57. The molecule has 0 amide bonds. The van der Waals surface area contributed by atoms with Crippen LogP contribution in [0.2, 0.25) is 5.02 Å². The quantitative estimate of drug-likeness (QED) is 0.442. The number of hydrogen-bond acceptors (Lipinski definition) is 1. The SMILES string of the molecule is CCCC1CC1NC(=NC)NCc1ccccc1Cl.I. The summed E-state index contributed by atoms with van der Waals surface area (Å²) in [5.41, 5.74) is 1.09. The lowest BCUT2D eigenvalue weighted by Gasteiger charge is -2.12. The van der Waals surface area contributed by atoms with Crippen LogP contribution in [0.25, 0.3) is 0 Å². The van der Waals surface area contributed by atoms with Crippen LogP contribution >= 0.6 is 35.6 Å². The van der Waals surface area contributed by atoms with Crippen LogP contribution in [-0.2, 0) is 6.54 Å². The van der Waals surface area contributed by atoms with Gasteiger partial charge in [0.05, 0.1) is 0 Å². The number of benzene rings is 1. The van der Waals surface area contributed by atoms with Crippen molar-refractivity contribution in [3.05, 3.63) is 34.9 Å². The second-order valence-electron chi connectivity index (χ2n) is 5.05. The summed E-state index contributed by atoms with van der Waals surface area (Å²) in [4.78, 5) is 4.26. The van der Waals surface area contributed by atoms with E-state index in [1.165, 1.54) is 19.3 Å². The molecule has 0 aromatic heterocycles. The zero-order valence-electron chi connectivity index (χ0n) is 12.0. The average Bonchev–Trinajstić information content (AvgIpc) is 3.14. The van der Waals surface area contributed by atoms with Crippen LogP contribution in [-0.4, -0.2) is 19.0 Å². The Hall–Kier alpha value is -0.490. The largest absolute Gasteiger partial charge is 0.353 e. The third-order valence-corrected chi connectivity index (χ3v) is 3.90. The Morgan fingerprint density at radius 2 is 2.15 bits per heavy atom. The monoisotopic (exact) mass is 407 g/mol. The maximum atomic E-state index is 6.13. The predicted molar refractivity (Wildman–Crippen MR) is 97.0 cm³/mol. The van der Waals surface area contributed by atoms with E-state index in [1.807, 2.05) is 24.3 Å². The van der Waals surface area contributed by atoms with Gasteiger partial charge in [-0.3, -0.25) is 4.99 Å². The molecule has 5 heteroatoms. The second-order valence-corrected chi connectivity index (χ2v) is 5.46. The smallest absolute Gasteiger partial charge is 0.191 e. The van der Waals surface area contributed by atoms with Crippen molar-refractivity contribution >= 4 is 41.5 Å². The summed E-state index contributed by atoms with van der Waals surface area (Å²) in [6.07, 6.45) is 3.83. The highest BCUT2D eigenvalue weighted by molar-refractivity contribution is 14.0. The average molecular weight is 408 g/mol. The molecular formula is C15H23ClIN3. The standard InChI is InChI=1S/C15H22ClN3.HI/c1-3-6-11-9-14(11)19-15(17-2)18-10-12-7-4-5-8-13(12)16;/h4-5,7-8,11,14H,3,6,9-10H2,1-2H3,(H2,17,18,19);1H. The van der Waals surface area contributed by atoms with Crippen molar-refractivity contribution in [2.24, 2.45) is 10.9 Å². The topological polar surface area (TPSA) is 36.4 Å². The number of hydrogen-bond donors (Lipinski definition) is 2. The summed E-state index contributed by atoms with van der Waals surface area (Å²) in [6, 6.07) is 8.47. The van der Waals surface area contributed by atoms with Gasteiger partial charge in [-0.2, -0.15) is 0 Å². The number of halogens is 2. The van der Waals surface area contributed by atoms with Gasteiger partial charge in [0.25, 0.3) is 0 Å². The molecule has 112 valence electrons. The number of guanidine groups is 1. The van der Waals surface area contributed by atoms with E-state index in [4.69, 9.17) is 11.6 Å². The zero-order chi connectivity index (χ0) is 13.7. The van der Waals surface area contributed by atoms with Crippen molar-refractivity contribution < 1.29 is 0 Å². The first-order valence-electron chi connectivity index (χ1n) is 6.95. The highest BCUT2D eigenvalue weighted by atomic mass is 127. The molecule has 1 aliphatic rings. The minimum Gasteiger partial charge on any atom is -0.353 e. The van der Waals surface area contributed by atoms with Gasteiger partial charge < -0.3 is 10.6 Å². The van der Waals surface area contributed by atoms with E-state index in [0.717, 1.165) is 22.5 Å². The molecule has 2 rings (SSSR count). The van der Waals surface area contributed by atoms with Crippen molar-refractivity contribution in [1.29, 1.82) is 0 Å². The van der Waals surface area contributed by atoms with Crippen molar-refractivity contribution in [2.75, 3.05) is 7.05 Å². The summed E-state index contributed by atoms with van der Waals surface area (Å²) < 4.78 is 0. The normalized spacial score (nSPS) is 21.1. The van der Waals surface area contributed by atoms with Gasteiger partial charge >= 0.3 is 0 Å². The number of rotatable bonds is 5. The molecule has 1 aliphatic carbocycles. The summed E-state index contributed by atoms with van der Waals surface area (Å²) in [5.74, 6) is 1.69. The fourth-order valence-corrected chi connectivity index (χ4v) is 2.51. The molecule has 3 nitrogen and oxygen atoms in total. The molecule has 1 saturated carbocycles. The Kier molecular flexibility index (Phi) is 7.66. The highest BCUT2D eigenvalue weighted by Crippen LogP contribution is 2.34. The van der Waals surface area contributed by atoms with Crippen LogP contribution in [0.1, 0.15) is 31.7 Å². The van der Waals surface area contributed by atoms with Gasteiger partial charge in [0.2, 0.25) is 0 Å². The molecule has 0 spiro atoms. The van der Waals surface area contributed by atoms with E-state index < -0.39 is 0 Å². The summed E-state index contributed by atoms with van der Waals surface area (Å²) in [7, 11) is 1.80. The van der Waals surface area contributed by atoms with Crippen LogP contribution in [0.15, 0.2) is 29.3 Å². The Morgan fingerprint density at radius 1 is 1.40 bits per heavy atom. The Bertz CT molecular complexity index is 450. The first-order valence-corrected chi connectivity index (χ1v) is 7.33. The minimum atomic E-state index is 0. The molecule has 0 saturated heterocycles. The van der Waals surface area contributed by atoms with E-state index in [-0.39, 0.29) is 24.0 Å². The summed E-state index contributed by atoms with van der Waals surface area (Å²) >= 11 is 6.13. The molecular weight excluding hydrogens is 385 g/mol. The lowest BCUT2D eigenvalue weighted by atomic mass is 10.2. The lowest BCUT2D eigenvalue weighted by molar-refractivity contribution is 0.655. The van der Waals surface area contributed by atoms with Crippen molar-refractivity contribution in [3.63, 3.8) is 0 Å². The zero-order valence-corrected chi connectivity index (χ0v) is 15.1. The fourth-order valence-electron chi connectivity index (χ4n) is 2.31. The minimum absolute atomic E-state index is 0. The number of nitrogens with one attached hydrogen (secondary N) is 2. The van der Waals surface area contributed by atoms with Gasteiger partial charge in [-0.25, -0.2) is 0 Å². The molecule has 1 aromatic carbocycles. The van der Waals surface area contributed by atoms with Gasteiger partial charge in [-0.15, -0.1) is 24.0 Å². The maximum absolute atomic E-state index is 6.13. The summed E-state index contributed by atoms with van der Waals surface area (Å²) in [6.45, 7) is 2.93. The third kappa shape index (κ3) is 5.13. The third-order valence-electron chi connectivity index (χ3n) is 3.53. The van der Waals surface area contributed by atoms with Gasteiger partial charge in [0.1, 0.15) is 0 Å². The number of nitrogens with zero attached hydrogens (tertiary/aromatic N) is 1. The van der Waals surface area contributed by atoms with Gasteiger partial charge in [-0.1, -0.05) is 43.1 Å². The van der Waals surface area contributed by atoms with Crippen LogP contribution in [0.4, 0.5) is 0 Å². The fraction of sp³-hybridized carbons (Fsp3) is 0.533. The predicted octanol–water partition coefficient (Wildman–Crippen LogP) is 3.81. The molecule has 2 N–H and O–H groups in total. The second kappa shape index (κ2) is 8.72. The molecule has 20 heavy (non-hydrogen) atoms. The van der Waals surface area contributed by atoms with Crippen LogP contribution in [0.3, 0.4) is 0 Å². The van der Waals surface area contributed by atoms with E-state index in [2.05, 4.69) is 22.5 Å². The molecule has 0 bridgehead atoms. The Morgan fingerprint density at radius 3 is 2.80 bits per heavy atom. The molecule has 1 aromatic rings. The number of aliphatic imine (C=N–C) groups is 1. The van der Waals surface area contributed by atoms with Crippen LogP contribution in [0.5, 0.6) is 0 Å². The van der Waals surface area contributed by atoms with Gasteiger partial charge in [-0.05, 0) is 30.4 Å². The molecule has 2 unspecified atom stereocenters. The Balaban J connectivity index is 0.00000200. The molecule has 1 fully saturated rings. The molecule has 0 aliphatic heterocycles. The first kappa shape index (κ1) is 17.6. The van der Waals surface area contributed by atoms with E-state index in [9.17, 15) is 0 Å². The van der Waals surface area contributed by atoms with E-state index >= 15 is 0 Å². The van der Waals surface area contributed by atoms with Gasteiger partial charge in [0, 0.05) is 24.7 Å². The maximum Gasteiger partial charge on any atom is 0.191 e. The van der Waals surface area contributed by atoms with E-state index in [0.29, 0.717) is 12.6 Å². The van der Waals surface area contributed by atoms with Crippen LogP contribution < -0.4 is 10.6 Å². The lowest BCUT2D eigenvalue weighted by Crippen LogP contribution is -2.38. The van der Waals surface area contributed by atoms with Crippen molar-refractivity contribution in [2.45, 2.75) is 38.8 Å². The van der Waals surface area contributed by atoms with E-state index in [1.54, 1.807) is 7.05 Å². The Labute approximate surface area is 143 Å². The van der Waals surface area contributed by atoms with Gasteiger partial charge in [0.15, 0.2) is 5.96 Å². The van der Waals surface area contributed by atoms with Crippen molar-refractivity contribution in [1.82, 2.24) is 10.6 Å².